The van der Waals surface area contributed by atoms with Crippen molar-refractivity contribution in [1.82, 2.24) is 0 Å². The molecule has 0 amide bonds. The van der Waals surface area contributed by atoms with Gasteiger partial charge in [0.15, 0.2) is 0 Å². The number of fused-ring (bicyclic) bond motifs is 3. The molecule has 0 aromatic carbocycles. The molecule has 1 heterocycles. The maximum absolute atomic E-state index is 12.4. The summed E-state index contributed by atoms with van der Waals surface area (Å²) in [5.41, 5.74) is 2.79. The van der Waals surface area contributed by atoms with Crippen LogP contribution in [0.25, 0.3) is 0 Å². The lowest BCUT2D eigenvalue weighted by molar-refractivity contribution is -0.152. The predicted molar refractivity (Wildman–Crippen MR) is 96.5 cm³/mol. The summed E-state index contributed by atoms with van der Waals surface area (Å²) in [6.45, 7) is 6.93. The van der Waals surface area contributed by atoms with Crippen LogP contribution in [-0.2, 0) is 14.3 Å². The van der Waals surface area contributed by atoms with Crippen LogP contribution in [0.1, 0.15) is 72.1 Å². The molecule has 4 aliphatic rings. The summed E-state index contributed by atoms with van der Waals surface area (Å²) in [4.78, 5) is 24.1. The highest BCUT2D eigenvalue weighted by Gasteiger charge is 2.49. The highest BCUT2D eigenvalue weighted by molar-refractivity contribution is 5.96. The largest absolute Gasteiger partial charge is 0.393 e. The molecule has 0 spiro atoms. The van der Waals surface area contributed by atoms with E-state index in [1.165, 1.54) is 49.7 Å². The second kappa shape index (κ2) is 6.55. The number of cyclic esters (lactones) is 2. The van der Waals surface area contributed by atoms with Crippen molar-refractivity contribution in [3.63, 3.8) is 0 Å². The minimum atomic E-state index is -0.326. The summed E-state index contributed by atoms with van der Waals surface area (Å²) in [5.74, 6) is 3.39. The van der Waals surface area contributed by atoms with Gasteiger partial charge in [0.1, 0.15) is 0 Å². The standard InChI is InChI=1S/C22H32O3/c1-12(2)14-7-9-17-16-6-4-5-13(3)15(16)8-10-18(17)21(14)19-11-20(23)25-22(19)24/h12-13,15-19H,4-11H2,1-3H3. The van der Waals surface area contributed by atoms with Crippen molar-refractivity contribution in [2.24, 2.45) is 41.4 Å². The minimum absolute atomic E-state index is 0.276. The van der Waals surface area contributed by atoms with Crippen LogP contribution in [0.5, 0.6) is 0 Å². The van der Waals surface area contributed by atoms with E-state index in [9.17, 15) is 9.59 Å². The van der Waals surface area contributed by atoms with Gasteiger partial charge < -0.3 is 4.74 Å². The SMILES string of the molecule is CC(C)C1=C(C2CC(=O)OC2=O)C2CCC3C(C)CCCC3C2CC1. The lowest BCUT2D eigenvalue weighted by Crippen LogP contribution is -2.43. The van der Waals surface area contributed by atoms with Crippen LogP contribution in [0.4, 0.5) is 0 Å². The van der Waals surface area contributed by atoms with Gasteiger partial charge in [-0.05, 0) is 67.6 Å². The van der Waals surface area contributed by atoms with E-state index in [1.54, 1.807) is 0 Å². The van der Waals surface area contributed by atoms with Crippen molar-refractivity contribution >= 4 is 11.9 Å². The Morgan fingerprint density at radius 1 is 0.960 bits per heavy atom. The van der Waals surface area contributed by atoms with Crippen molar-refractivity contribution in [1.29, 1.82) is 0 Å². The lowest BCUT2D eigenvalue weighted by Gasteiger charge is -2.52. The average molecular weight is 344 g/mol. The molecule has 3 nitrogen and oxygen atoms in total. The maximum Gasteiger partial charge on any atom is 0.321 e. The van der Waals surface area contributed by atoms with E-state index in [1.807, 2.05) is 0 Å². The van der Waals surface area contributed by atoms with Crippen LogP contribution in [-0.4, -0.2) is 11.9 Å². The number of ether oxygens (including phenoxy) is 1. The molecule has 6 atom stereocenters. The fourth-order valence-corrected chi connectivity index (χ4v) is 6.76. The quantitative estimate of drug-likeness (QED) is 0.406. The molecule has 0 aromatic heterocycles. The van der Waals surface area contributed by atoms with E-state index in [-0.39, 0.29) is 24.3 Å². The Hall–Kier alpha value is -1.12. The molecule has 0 N–H and O–H groups in total. The molecule has 0 bridgehead atoms. The van der Waals surface area contributed by atoms with Crippen LogP contribution in [0.15, 0.2) is 11.1 Å². The molecule has 3 heteroatoms. The normalized spacial score (nSPS) is 41.6. The zero-order valence-corrected chi connectivity index (χ0v) is 15.9. The number of hydrogen-bond acceptors (Lipinski definition) is 3. The summed E-state index contributed by atoms with van der Waals surface area (Å²) in [5, 5.41) is 0. The first kappa shape index (κ1) is 17.3. The van der Waals surface area contributed by atoms with E-state index in [4.69, 9.17) is 4.74 Å². The number of esters is 2. The van der Waals surface area contributed by atoms with E-state index in [0.717, 1.165) is 30.1 Å². The number of carbonyl (C=O) groups is 2. The zero-order chi connectivity index (χ0) is 17.7. The average Bonchev–Trinajstić information content (AvgIpc) is 2.91. The molecule has 25 heavy (non-hydrogen) atoms. The smallest absolute Gasteiger partial charge is 0.321 e. The van der Waals surface area contributed by atoms with Crippen molar-refractivity contribution in [2.75, 3.05) is 0 Å². The zero-order valence-electron chi connectivity index (χ0n) is 15.9. The molecule has 1 saturated heterocycles. The Labute approximate surface area is 151 Å². The summed E-state index contributed by atoms with van der Waals surface area (Å²) in [7, 11) is 0. The molecule has 3 fully saturated rings. The van der Waals surface area contributed by atoms with Crippen molar-refractivity contribution in [2.45, 2.75) is 72.1 Å². The van der Waals surface area contributed by atoms with Gasteiger partial charge in [-0.1, -0.05) is 44.8 Å². The Morgan fingerprint density at radius 3 is 2.44 bits per heavy atom. The van der Waals surface area contributed by atoms with Crippen LogP contribution in [0, 0.1) is 41.4 Å². The Bertz CT molecular complexity index is 602. The highest BCUT2D eigenvalue weighted by Crippen LogP contribution is 2.56. The number of rotatable bonds is 2. The van der Waals surface area contributed by atoms with Crippen LogP contribution < -0.4 is 0 Å². The topological polar surface area (TPSA) is 43.4 Å². The first-order valence-electron chi connectivity index (χ1n) is 10.4. The van der Waals surface area contributed by atoms with E-state index >= 15 is 0 Å². The molecule has 3 aliphatic carbocycles. The van der Waals surface area contributed by atoms with Gasteiger partial charge in [0.25, 0.3) is 0 Å². The van der Waals surface area contributed by atoms with Gasteiger partial charge in [-0.15, -0.1) is 0 Å². The second-order valence-electron chi connectivity index (χ2n) is 9.31. The molecule has 0 radical (unpaired) electrons. The highest BCUT2D eigenvalue weighted by atomic mass is 16.6. The molecule has 138 valence electrons. The predicted octanol–water partition coefficient (Wildman–Crippen LogP) is 4.90. The summed E-state index contributed by atoms with van der Waals surface area (Å²) < 4.78 is 4.95. The minimum Gasteiger partial charge on any atom is -0.393 e. The Balaban J connectivity index is 1.69. The number of hydrogen-bond donors (Lipinski definition) is 0. The number of allylic oxidation sites excluding steroid dienone is 1. The van der Waals surface area contributed by atoms with E-state index in [0.29, 0.717) is 11.8 Å². The summed E-state index contributed by atoms with van der Waals surface area (Å²) in [6.07, 6.45) is 9.31. The first-order valence-corrected chi connectivity index (χ1v) is 10.4. The van der Waals surface area contributed by atoms with Crippen LogP contribution in [0.3, 0.4) is 0 Å². The Kier molecular flexibility index (Phi) is 4.54. The van der Waals surface area contributed by atoms with Gasteiger partial charge in [0.05, 0.1) is 12.3 Å². The third kappa shape index (κ3) is 2.88. The van der Waals surface area contributed by atoms with Crippen LogP contribution in [0.2, 0.25) is 0 Å². The molecular weight excluding hydrogens is 312 g/mol. The van der Waals surface area contributed by atoms with Gasteiger partial charge in [0, 0.05) is 0 Å². The molecule has 0 aromatic rings. The number of carbonyl (C=O) groups excluding carboxylic acids is 2. The van der Waals surface area contributed by atoms with Crippen molar-refractivity contribution in [3.8, 4) is 0 Å². The summed E-state index contributed by atoms with van der Waals surface area (Å²) in [6, 6.07) is 0. The Morgan fingerprint density at radius 2 is 1.76 bits per heavy atom. The third-order valence-electron chi connectivity index (χ3n) is 7.81. The van der Waals surface area contributed by atoms with E-state index in [2.05, 4.69) is 20.8 Å². The summed E-state index contributed by atoms with van der Waals surface area (Å²) >= 11 is 0. The van der Waals surface area contributed by atoms with Crippen molar-refractivity contribution in [3.05, 3.63) is 11.1 Å². The molecule has 2 saturated carbocycles. The van der Waals surface area contributed by atoms with E-state index < -0.39 is 0 Å². The fourth-order valence-electron chi connectivity index (χ4n) is 6.76. The van der Waals surface area contributed by atoms with Gasteiger partial charge >= 0.3 is 11.9 Å². The molecular formula is C22H32O3. The molecule has 4 rings (SSSR count). The molecule has 1 aliphatic heterocycles. The van der Waals surface area contributed by atoms with Gasteiger partial charge in [0.2, 0.25) is 0 Å². The lowest BCUT2D eigenvalue weighted by atomic mass is 9.53. The van der Waals surface area contributed by atoms with Crippen LogP contribution >= 0.6 is 0 Å². The monoisotopic (exact) mass is 344 g/mol. The third-order valence-corrected chi connectivity index (χ3v) is 7.81. The molecule has 6 unspecified atom stereocenters. The first-order chi connectivity index (χ1) is 12.0. The fraction of sp³-hybridized carbons (Fsp3) is 0.818. The van der Waals surface area contributed by atoms with Gasteiger partial charge in [-0.25, -0.2) is 0 Å². The maximum atomic E-state index is 12.4. The van der Waals surface area contributed by atoms with Crippen molar-refractivity contribution < 1.29 is 14.3 Å². The van der Waals surface area contributed by atoms with Gasteiger partial charge in [-0.3, -0.25) is 9.59 Å². The van der Waals surface area contributed by atoms with Gasteiger partial charge in [-0.2, -0.15) is 0 Å². The second-order valence-corrected chi connectivity index (χ2v) is 9.31.